The minimum atomic E-state index is -0.330. The molecule has 7 heteroatoms. The summed E-state index contributed by atoms with van der Waals surface area (Å²) in [6, 6.07) is 18.4. The zero-order valence-corrected chi connectivity index (χ0v) is 19.0. The lowest BCUT2D eigenvalue weighted by atomic mass is 9.80. The molecule has 5 rings (SSSR count). The number of aromatic nitrogens is 2. The van der Waals surface area contributed by atoms with Crippen LogP contribution in [0.3, 0.4) is 0 Å². The van der Waals surface area contributed by atoms with E-state index in [0.717, 1.165) is 68.1 Å². The topological polar surface area (TPSA) is 94.3 Å². The van der Waals surface area contributed by atoms with Gasteiger partial charge in [-0.1, -0.05) is 12.1 Å². The molecule has 0 spiro atoms. The Hall–Kier alpha value is -3.47. The van der Waals surface area contributed by atoms with Crippen LogP contribution in [0.2, 0.25) is 0 Å². The molecular formula is C27H28N5O2. The molecular weight excluding hydrogens is 426 g/mol. The Labute approximate surface area is 200 Å². The lowest BCUT2D eigenvalue weighted by Gasteiger charge is -2.28. The fraction of sp³-hybridized carbons (Fsp3) is 0.333. The number of nitrogens with one attached hydrogen (secondary N) is 1. The zero-order valence-electron chi connectivity index (χ0n) is 19.0. The molecule has 1 aromatic heterocycles. The van der Waals surface area contributed by atoms with Crippen LogP contribution in [-0.4, -0.2) is 47.5 Å². The van der Waals surface area contributed by atoms with E-state index in [1.165, 1.54) is 5.69 Å². The summed E-state index contributed by atoms with van der Waals surface area (Å²) in [6.45, 7) is 3.33. The normalized spacial score (nSPS) is 20.5. The lowest BCUT2D eigenvalue weighted by molar-refractivity contribution is 0.122. The van der Waals surface area contributed by atoms with Gasteiger partial charge in [0.1, 0.15) is 0 Å². The Morgan fingerprint density at radius 1 is 1.06 bits per heavy atom. The van der Waals surface area contributed by atoms with Gasteiger partial charge >= 0.3 is 0 Å². The van der Waals surface area contributed by atoms with Crippen molar-refractivity contribution in [2.24, 2.45) is 0 Å². The number of hydrogen-bond donors (Lipinski definition) is 2. The van der Waals surface area contributed by atoms with Gasteiger partial charge in [-0.3, -0.25) is 0 Å². The molecule has 2 N–H and O–H groups in total. The van der Waals surface area contributed by atoms with Crippen LogP contribution in [0, 0.1) is 17.8 Å². The molecule has 1 aliphatic carbocycles. The summed E-state index contributed by atoms with van der Waals surface area (Å²) in [4.78, 5) is 11.4. The molecule has 2 aromatic carbocycles. The monoisotopic (exact) mass is 454 g/mol. The van der Waals surface area contributed by atoms with Gasteiger partial charge in [0, 0.05) is 36.2 Å². The van der Waals surface area contributed by atoms with Crippen LogP contribution >= 0.6 is 0 Å². The van der Waals surface area contributed by atoms with E-state index in [1.807, 2.05) is 42.8 Å². The molecule has 1 saturated heterocycles. The number of ether oxygens (including phenoxy) is 1. The highest BCUT2D eigenvalue weighted by Crippen LogP contribution is 2.35. The number of aliphatic hydroxyl groups is 1. The van der Waals surface area contributed by atoms with Crippen LogP contribution in [0.15, 0.2) is 54.7 Å². The zero-order chi connectivity index (χ0) is 23.3. The van der Waals surface area contributed by atoms with Gasteiger partial charge in [0.05, 0.1) is 36.6 Å². The van der Waals surface area contributed by atoms with Crippen molar-refractivity contribution in [1.82, 2.24) is 9.97 Å². The summed E-state index contributed by atoms with van der Waals surface area (Å²) in [5.74, 6) is 0.783. The smallest absolute Gasteiger partial charge is 0.227 e. The predicted molar refractivity (Wildman–Crippen MR) is 132 cm³/mol. The first-order valence-corrected chi connectivity index (χ1v) is 11.8. The Bertz CT molecular complexity index is 1160. The standard InChI is InChI=1S/C27H28N5O2/c28-18-21-17-20(3-10-25(21)19-1-8-24(33)9-2-19)26-11-12-29-27(31-26)30-22-4-6-23(7-5-22)32-13-15-34-16-14-32/h3-8,10-12,17,19,24,33H,1-2,9,13-16H2,(H,29,30,31). The van der Waals surface area contributed by atoms with Crippen LogP contribution in [0.1, 0.15) is 36.3 Å². The number of morpholine rings is 1. The van der Waals surface area contributed by atoms with Crippen LogP contribution in [0.5, 0.6) is 0 Å². The van der Waals surface area contributed by atoms with Crippen LogP contribution < -0.4 is 10.2 Å². The predicted octanol–water partition coefficient (Wildman–Crippen LogP) is 4.43. The Morgan fingerprint density at radius 3 is 2.62 bits per heavy atom. The molecule has 3 aromatic rings. The third kappa shape index (κ3) is 5.04. The first kappa shape index (κ1) is 22.3. The van der Waals surface area contributed by atoms with Crippen molar-refractivity contribution in [2.75, 3.05) is 36.5 Å². The minimum Gasteiger partial charge on any atom is -0.393 e. The van der Waals surface area contributed by atoms with Crippen molar-refractivity contribution >= 4 is 17.3 Å². The van der Waals surface area contributed by atoms with Crippen molar-refractivity contribution in [3.63, 3.8) is 0 Å². The molecule has 34 heavy (non-hydrogen) atoms. The van der Waals surface area contributed by atoms with Gasteiger partial charge in [-0.25, -0.2) is 9.97 Å². The summed E-state index contributed by atoms with van der Waals surface area (Å²) < 4.78 is 5.43. The van der Waals surface area contributed by atoms with E-state index in [4.69, 9.17) is 4.74 Å². The minimum absolute atomic E-state index is 0.273. The summed E-state index contributed by atoms with van der Waals surface area (Å²) in [5.41, 5.74) is 5.45. The van der Waals surface area contributed by atoms with Gasteiger partial charge in [-0.05, 0) is 73.6 Å². The third-order valence-corrected chi connectivity index (χ3v) is 6.57. The SMILES string of the molecule is N#Cc1cc(-c2ccnc(Nc3ccc(N4CCOCC4)cc3)n2)ccc1C1C[CH]C(O)CC1. The van der Waals surface area contributed by atoms with Gasteiger partial charge < -0.3 is 20.1 Å². The fourth-order valence-corrected chi connectivity index (χ4v) is 4.67. The molecule has 1 aliphatic heterocycles. The molecule has 2 fully saturated rings. The van der Waals surface area contributed by atoms with Crippen LogP contribution in [0.25, 0.3) is 11.3 Å². The summed E-state index contributed by atoms with van der Waals surface area (Å²) >= 11 is 0. The van der Waals surface area contributed by atoms with Crippen molar-refractivity contribution in [3.05, 3.63) is 72.3 Å². The first-order chi connectivity index (χ1) is 16.7. The van der Waals surface area contributed by atoms with Crippen molar-refractivity contribution in [3.8, 4) is 17.3 Å². The Kier molecular flexibility index (Phi) is 6.70. The molecule has 1 saturated carbocycles. The van der Waals surface area contributed by atoms with Gasteiger partial charge in [-0.15, -0.1) is 0 Å². The number of nitrogens with zero attached hydrogens (tertiary/aromatic N) is 4. The number of anilines is 3. The molecule has 173 valence electrons. The van der Waals surface area contributed by atoms with E-state index in [1.54, 1.807) is 6.20 Å². The molecule has 0 bridgehead atoms. The number of rotatable bonds is 5. The molecule has 1 radical (unpaired) electrons. The molecule has 2 heterocycles. The number of nitriles is 1. The van der Waals surface area contributed by atoms with E-state index in [9.17, 15) is 10.4 Å². The maximum absolute atomic E-state index is 9.77. The molecule has 7 nitrogen and oxygen atoms in total. The second-order valence-corrected chi connectivity index (χ2v) is 8.76. The summed E-state index contributed by atoms with van der Waals surface area (Å²) in [6.07, 6.45) is 5.76. The van der Waals surface area contributed by atoms with Gasteiger partial charge in [-0.2, -0.15) is 5.26 Å². The van der Waals surface area contributed by atoms with E-state index in [-0.39, 0.29) is 12.0 Å². The number of benzene rings is 2. The second kappa shape index (κ2) is 10.2. The van der Waals surface area contributed by atoms with Crippen LogP contribution in [-0.2, 0) is 4.74 Å². The highest BCUT2D eigenvalue weighted by atomic mass is 16.5. The van der Waals surface area contributed by atoms with Crippen LogP contribution in [0.4, 0.5) is 17.3 Å². The number of hydrogen-bond acceptors (Lipinski definition) is 7. The highest BCUT2D eigenvalue weighted by Gasteiger charge is 2.23. The quantitative estimate of drug-likeness (QED) is 0.589. The number of aliphatic hydroxyl groups excluding tert-OH is 1. The van der Waals surface area contributed by atoms with Crippen molar-refractivity contribution in [1.29, 1.82) is 5.26 Å². The molecule has 2 atom stereocenters. The third-order valence-electron chi connectivity index (χ3n) is 6.57. The highest BCUT2D eigenvalue weighted by molar-refractivity contribution is 5.66. The van der Waals surface area contributed by atoms with E-state index in [0.29, 0.717) is 11.5 Å². The average Bonchev–Trinajstić information content (AvgIpc) is 2.90. The van der Waals surface area contributed by atoms with E-state index < -0.39 is 0 Å². The van der Waals surface area contributed by atoms with E-state index in [2.05, 4.69) is 38.4 Å². The lowest BCUT2D eigenvalue weighted by Crippen LogP contribution is -2.36. The van der Waals surface area contributed by atoms with Crippen molar-refractivity contribution < 1.29 is 9.84 Å². The Morgan fingerprint density at radius 2 is 1.88 bits per heavy atom. The second-order valence-electron chi connectivity index (χ2n) is 8.76. The summed E-state index contributed by atoms with van der Waals surface area (Å²) in [5, 5.41) is 22.8. The largest absolute Gasteiger partial charge is 0.393 e. The Balaban J connectivity index is 1.31. The molecule has 0 amide bonds. The molecule has 2 unspecified atom stereocenters. The fourth-order valence-electron chi connectivity index (χ4n) is 4.67. The average molecular weight is 455 g/mol. The van der Waals surface area contributed by atoms with Crippen molar-refractivity contribution in [2.45, 2.75) is 31.3 Å². The van der Waals surface area contributed by atoms with Gasteiger partial charge in [0.2, 0.25) is 5.95 Å². The van der Waals surface area contributed by atoms with E-state index >= 15 is 0 Å². The first-order valence-electron chi connectivity index (χ1n) is 11.8. The maximum Gasteiger partial charge on any atom is 0.227 e. The molecule has 2 aliphatic rings. The summed E-state index contributed by atoms with van der Waals surface area (Å²) in [7, 11) is 0. The van der Waals surface area contributed by atoms with Gasteiger partial charge in [0.25, 0.3) is 0 Å². The maximum atomic E-state index is 9.77. The van der Waals surface area contributed by atoms with Gasteiger partial charge in [0.15, 0.2) is 0 Å².